The second-order valence-corrected chi connectivity index (χ2v) is 10.9. The van der Waals surface area contributed by atoms with E-state index in [4.69, 9.17) is 21.4 Å². The Kier molecular flexibility index (Phi) is 7.40. The number of halogens is 2. The van der Waals surface area contributed by atoms with Gasteiger partial charge in [-0.2, -0.15) is 0 Å². The van der Waals surface area contributed by atoms with Crippen molar-refractivity contribution in [1.82, 2.24) is 14.5 Å². The van der Waals surface area contributed by atoms with Crippen LogP contribution in [-0.2, 0) is 16.2 Å². The van der Waals surface area contributed by atoms with Crippen molar-refractivity contribution in [3.63, 3.8) is 0 Å². The van der Waals surface area contributed by atoms with Crippen molar-refractivity contribution in [2.24, 2.45) is 5.16 Å². The lowest BCUT2D eigenvalue weighted by atomic mass is 9.97. The van der Waals surface area contributed by atoms with E-state index in [0.717, 1.165) is 45.5 Å². The normalized spacial score (nSPS) is 17.9. The third-order valence-electron chi connectivity index (χ3n) is 6.38. The van der Waals surface area contributed by atoms with Crippen LogP contribution in [0.2, 0.25) is 5.02 Å². The van der Waals surface area contributed by atoms with Crippen LogP contribution in [0.15, 0.2) is 50.3 Å². The van der Waals surface area contributed by atoms with Crippen LogP contribution in [-0.4, -0.2) is 44.1 Å². The number of hydrogen-bond acceptors (Lipinski definition) is 8. The summed E-state index contributed by atoms with van der Waals surface area (Å²) in [5.41, 5.74) is 0.940. The minimum absolute atomic E-state index is 0.202. The number of piperidine rings is 1. The van der Waals surface area contributed by atoms with Gasteiger partial charge in [-0.05, 0) is 40.9 Å². The second-order valence-electron chi connectivity index (χ2n) is 8.73. The number of thiazole rings is 1. The number of nitro groups is 1. The molecule has 3 aromatic rings. The molecule has 191 valence electrons. The second kappa shape index (κ2) is 10.7. The van der Waals surface area contributed by atoms with Gasteiger partial charge in [-0.3, -0.25) is 24.3 Å². The molecule has 2 aliphatic heterocycles. The van der Waals surface area contributed by atoms with E-state index in [1.165, 1.54) is 6.20 Å². The van der Waals surface area contributed by atoms with E-state index in [-0.39, 0.29) is 24.5 Å². The summed E-state index contributed by atoms with van der Waals surface area (Å²) in [5, 5.41) is 18.9. The van der Waals surface area contributed by atoms with Crippen molar-refractivity contribution in [1.29, 1.82) is 0 Å². The molecule has 2 aromatic heterocycles. The van der Waals surface area contributed by atoms with Crippen molar-refractivity contribution in [3.8, 4) is 0 Å². The predicted molar refractivity (Wildman–Crippen MR) is 141 cm³/mol. The molecule has 1 unspecified atom stereocenters. The molecule has 10 nitrogen and oxygen atoms in total. The van der Waals surface area contributed by atoms with Gasteiger partial charge in [0.25, 0.3) is 0 Å². The lowest BCUT2D eigenvalue weighted by Gasteiger charge is -2.31. The van der Waals surface area contributed by atoms with E-state index in [9.17, 15) is 19.7 Å². The molecule has 13 heteroatoms. The van der Waals surface area contributed by atoms with Crippen LogP contribution in [0.4, 0.5) is 5.69 Å². The number of pyridine rings is 1. The highest BCUT2D eigenvalue weighted by Gasteiger charge is 2.30. The number of hydrogen-bond donors (Lipinski definition) is 0. The van der Waals surface area contributed by atoms with E-state index in [1.54, 1.807) is 28.4 Å². The standard InChI is InChI=1S/C24H20BrClN5O5S/c25-15-9-20(31(34)35)24(33)30(11-15)12-22(32)29-7-5-14(6-8-29)23-27-19(13-37-23)18-10-21(36-28-18)16-3-1-2-4-17(16)26/h1-2,4,9,11,13-14,21H,5-8,10,12H2. The van der Waals surface area contributed by atoms with E-state index < -0.39 is 16.2 Å². The molecule has 1 amide bonds. The summed E-state index contributed by atoms with van der Waals surface area (Å²) >= 11 is 11.0. The zero-order valence-electron chi connectivity index (χ0n) is 19.3. The van der Waals surface area contributed by atoms with Gasteiger partial charge in [0.15, 0.2) is 6.10 Å². The monoisotopic (exact) mass is 604 g/mol. The summed E-state index contributed by atoms with van der Waals surface area (Å²) in [6.45, 7) is 0.768. The van der Waals surface area contributed by atoms with Crippen LogP contribution in [0.25, 0.3) is 0 Å². The number of likely N-dealkylation sites (tertiary alicyclic amines) is 1. The molecule has 37 heavy (non-hydrogen) atoms. The summed E-state index contributed by atoms with van der Waals surface area (Å²) in [7, 11) is 0. The van der Waals surface area contributed by atoms with Crippen LogP contribution in [0.1, 0.15) is 47.5 Å². The highest BCUT2D eigenvalue weighted by molar-refractivity contribution is 9.10. The van der Waals surface area contributed by atoms with E-state index >= 15 is 0 Å². The van der Waals surface area contributed by atoms with Crippen LogP contribution in [0.3, 0.4) is 0 Å². The van der Waals surface area contributed by atoms with E-state index in [2.05, 4.69) is 27.2 Å². The maximum absolute atomic E-state index is 12.8. The maximum atomic E-state index is 12.8. The van der Waals surface area contributed by atoms with Gasteiger partial charge >= 0.3 is 11.2 Å². The fraction of sp³-hybridized carbons (Fsp3) is 0.333. The van der Waals surface area contributed by atoms with Crippen LogP contribution >= 0.6 is 38.9 Å². The first-order chi connectivity index (χ1) is 17.8. The van der Waals surface area contributed by atoms with Crippen LogP contribution in [0, 0.1) is 16.2 Å². The molecule has 1 saturated heterocycles. The minimum atomic E-state index is -0.805. The van der Waals surface area contributed by atoms with Gasteiger partial charge < -0.3 is 9.74 Å². The third kappa shape index (κ3) is 5.46. The zero-order valence-corrected chi connectivity index (χ0v) is 22.5. The van der Waals surface area contributed by atoms with E-state index in [0.29, 0.717) is 29.0 Å². The highest BCUT2D eigenvalue weighted by Crippen LogP contribution is 2.35. The summed E-state index contributed by atoms with van der Waals surface area (Å²) in [6.07, 6.45) is 3.12. The summed E-state index contributed by atoms with van der Waals surface area (Å²) in [6, 6.07) is 9.67. The Morgan fingerprint density at radius 3 is 2.89 bits per heavy atom. The number of oxime groups is 1. The molecule has 0 saturated carbocycles. The maximum Gasteiger partial charge on any atom is 0.335 e. The Bertz CT molecular complexity index is 1450. The first-order valence-electron chi connectivity index (χ1n) is 11.5. The molecule has 0 bridgehead atoms. The van der Waals surface area contributed by atoms with Gasteiger partial charge in [0.2, 0.25) is 5.91 Å². The summed E-state index contributed by atoms with van der Waals surface area (Å²) < 4.78 is 1.43. The Hall–Kier alpha value is -3.09. The number of carbonyl (C=O) groups excluding carboxylic acids is 1. The van der Waals surface area contributed by atoms with Gasteiger partial charge in [-0.15, -0.1) is 11.3 Å². The van der Waals surface area contributed by atoms with Crippen molar-refractivity contribution in [2.75, 3.05) is 13.1 Å². The lowest BCUT2D eigenvalue weighted by Crippen LogP contribution is -2.41. The molecule has 5 rings (SSSR count). The van der Waals surface area contributed by atoms with Crippen LogP contribution < -0.4 is 5.56 Å². The average Bonchev–Trinajstić information content (AvgIpc) is 3.56. The van der Waals surface area contributed by atoms with Crippen LogP contribution in [0.5, 0.6) is 0 Å². The zero-order chi connectivity index (χ0) is 26.1. The van der Waals surface area contributed by atoms with Crippen molar-refractivity contribution < 1.29 is 14.6 Å². The topological polar surface area (TPSA) is 120 Å². The molecule has 0 N–H and O–H groups in total. The average molecular weight is 606 g/mol. The molecular weight excluding hydrogens is 586 g/mol. The van der Waals surface area contributed by atoms with Crippen molar-refractivity contribution in [2.45, 2.75) is 37.8 Å². The van der Waals surface area contributed by atoms with Gasteiger partial charge in [-0.1, -0.05) is 28.9 Å². The highest BCUT2D eigenvalue weighted by atomic mass is 79.9. The van der Waals surface area contributed by atoms with Gasteiger partial charge in [0.1, 0.15) is 12.3 Å². The molecule has 1 radical (unpaired) electrons. The number of rotatable bonds is 6. The Morgan fingerprint density at radius 2 is 2.16 bits per heavy atom. The number of aromatic nitrogens is 2. The third-order valence-corrected chi connectivity index (χ3v) is 8.15. The van der Waals surface area contributed by atoms with Crippen molar-refractivity contribution in [3.05, 3.63) is 88.1 Å². The molecule has 1 atom stereocenters. The number of amides is 1. The Morgan fingerprint density at radius 1 is 1.38 bits per heavy atom. The molecule has 2 aliphatic rings. The van der Waals surface area contributed by atoms with Crippen molar-refractivity contribution >= 4 is 56.2 Å². The SMILES string of the molecule is O=C(Cn1cc(Br)cc([N+](=O)[O-])c1=O)N1CCC(c2nc(C3=NOC(c4[c]cccc4Cl)C3)cs2)CC1. The minimum Gasteiger partial charge on any atom is -0.387 e. The Labute approximate surface area is 228 Å². The molecule has 1 aromatic carbocycles. The predicted octanol–water partition coefficient (Wildman–Crippen LogP) is 4.70. The first-order valence-corrected chi connectivity index (χ1v) is 13.5. The summed E-state index contributed by atoms with van der Waals surface area (Å²) in [4.78, 5) is 47.6. The largest absolute Gasteiger partial charge is 0.387 e. The molecule has 0 spiro atoms. The smallest absolute Gasteiger partial charge is 0.335 e. The van der Waals surface area contributed by atoms with Gasteiger partial charge in [0, 0.05) is 58.1 Å². The Balaban J connectivity index is 1.18. The van der Waals surface area contributed by atoms with Gasteiger partial charge in [-0.25, -0.2) is 4.98 Å². The number of benzene rings is 1. The lowest BCUT2D eigenvalue weighted by molar-refractivity contribution is -0.386. The summed E-state index contributed by atoms with van der Waals surface area (Å²) in [5.74, 6) is -0.0549. The fourth-order valence-corrected chi connectivity index (χ4v) is 6.13. The molecule has 4 heterocycles. The van der Waals surface area contributed by atoms with E-state index in [1.807, 2.05) is 11.4 Å². The number of carbonyl (C=O) groups is 1. The first kappa shape index (κ1) is 25.6. The quantitative estimate of drug-likeness (QED) is 0.297. The molecular formula is C24H20BrClN5O5S. The molecule has 0 aliphatic carbocycles. The fourth-order valence-electron chi connectivity index (χ4n) is 4.42. The van der Waals surface area contributed by atoms with Gasteiger partial charge in [0.05, 0.1) is 15.6 Å². The molecule has 1 fully saturated rings. The number of nitrogens with zero attached hydrogens (tertiary/aromatic N) is 5.